The lowest BCUT2D eigenvalue weighted by molar-refractivity contribution is -0.141. The Morgan fingerprint density at radius 2 is 2.12 bits per heavy atom. The molecule has 0 saturated heterocycles. The highest BCUT2D eigenvalue weighted by Crippen LogP contribution is 2.29. The third-order valence-electron chi connectivity index (χ3n) is 2.92. The van der Waals surface area contributed by atoms with Gasteiger partial charge in [0.1, 0.15) is 0 Å². The van der Waals surface area contributed by atoms with Crippen LogP contribution in [0.2, 0.25) is 0 Å². The van der Waals surface area contributed by atoms with Crippen LogP contribution in [0.4, 0.5) is 4.79 Å². The van der Waals surface area contributed by atoms with Crippen LogP contribution in [0.3, 0.4) is 0 Å². The van der Waals surface area contributed by atoms with Crippen molar-refractivity contribution in [3.63, 3.8) is 0 Å². The van der Waals surface area contributed by atoms with E-state index < -0.39 is 11.9 Å². The molecule has 1 rings (SSSR count). The fourth-order valence-corrected chi connectivity index (χ4v) is 1.52. The van der Waals surface area contributed by atoms with Crippen molar-refractivity contribution in [2.45, 2.75) is 26.2 Å². The summed E-state index contributed by atoms with van der Waals surface area (Å²) in [5, 5.41) is 11.5. The molecule has 0 spiro atoms. The molecule has 1 saturated carbocycles. The average molecular weight is 228 g/mol. The molecule has 0 bridgehead atoms. The summed E-state index contributed by atoms with van der Waals surface area (Å²) in [7, 11) is 1.75. The minimum absolute atomic E-state index is 0.174. The van der Waals surface area contributed by atoms with E-state index in [4.69, 9.17) is 5.11 Å². The summed E-state index contributed by atoms with van der Waals surface area (Å²) in [6.45, 7) is 2.79. The molecule has 2 amide bonds. The lowest BCUT2D eigenvalue weighted by Crippen LogP contribution is -2.41. The number of hydrogen-bond donors (Lipinski definition) is 2. The molecule has 2 N–H and O–H groups in total. The van der Waals surface area contributed by atoms with Crippen LogP contribution in [0.1, 0.15) is 26.2 Å². The normalized spacial score (nSPS) is 16.6. The van der Waals surface area contributed by atoms with E-state index in [1.54, 1.807) is 18.9 Å². The van der Waals surface area contributed by atoms with Gasteiger partial charge >= 0.3 is 12.0 Å². The molecule has 16 heavy (non-hydrogen) atoms. The van der Waals surface area contributed by atoms with E-state index in [0.29, 0.717) is 12.3 Å². The molecule has 0 aromatic rings. The summed E-state index contributed by atoms with van der Waals surface area (Å²) in [5.74, 6) is -0.692. The van der Waals surface area contributed by atoms with Crippen molar-refractivity contribution < 1.29 is 14.7 Å². The molecule has 0 aromatic carbocycles. The number of carbonyl (C=O) groups is 2. The molecule has 1 aliphatic carbocycles. The quantitative estimate of drug-likeness (QED) is 0.716. The van der Waals surface area contributed by atoms with Crippen molar-refractivity contribution in [3.05, 3.63) is 0 Å². The van der Waals surface area contributed by atoms with Crippen molar-refractivity contribution in [2.24, 2.45) is 11.8 Å². The number of carboxylic acid groups (broad SMARTS) is 1. The first-order valence-corrected chi connectivity index (χ1v) is 5.76. The van der Waals surface area contributed by atoms with Gasteiger partial charge in [-0.15, -0.1) is 0 Å². The molecule has 1 aliphatic rings. The summed E-state index contributed by atoms with van der Waals surface area (Å²) in [6, 6.07) is -0.174. The first-order chi connectivity index (χ1) is 7.54. The van der Waals surface area contributed by atoms with Crippen molar-refractivity contribution in [1.82, 2.24) is 10.2 Å². The molecule has 0 aromatic heterocycles. The second kappa shape index (κ2) is 5.72. The topological polar surface area (TPSA) is 69.6 Å². The van der Waals surface area contributed by atoms with Gasteiger partial charge in [-0.05, 0) is 25.2 Å². The summed E-state index contributed by atoms with van der Waals surface area (Å²) in [6.07, 6.45) is 2.93. The zero-order valence-electron chi connectivity index (χ0n) is 9.90. The molecular weight excluding hydrogens is 208 g/mol. The Balaban J connectivity index is 2.24. The standard InChI is InChI=1S/C11H20N2O3/c1-3-9(10(14)15)6-12-11(16)13(2)7-8-4-5-8/h8-9H,3-7H2,1-2H3,(H,12,16)(H,14,15). The van der Waals surface area contributed by atoms with E-state index >= 15 is 0 Å². The van der Waals surface area contributed by atoms with E-state index in [9.17, 15) is 9.59 Å². The number of urea groups is 1. The predicted molar refractivity (Wildman–Crippen MR) is 60.2 cm³/mol. The Bertz CT molecular complexity index is 264. The number of hydrogen-bond acceptors (Lipinski definition) is 2. The predicted octanol–water partition coefficient (Wildman–Crippen LogP) is 1.15. The van der Waals surface area contributed by atoms with Gasteiger partial charge in [-0.3, -0.25) is 4.79 Å². The first-order valence-electron chi connectivity index (χ1n) is 5.76. The van der Waals surface area contributed by atoms with Gasteiger partial charge in [-0.25, -0.2) is 4.79 Å². The van der Waals surface area contributed by atoms with E-state index in [0.717, 1.165) is 6.54 Å². The molecule has 0 aliphatic heterocycles. The molecule has 5 nitrogen and oxygen atoms in total. The molecule has 5 heteroatoms. The number of amides is 2. The van der Waals surface area contributed by atoms with Crippen LogP contribution in [0, 0.1) is 11.8 Å². The van der Waals surface area contributed by atoms with Crippen LogP contribution < -0.4 is 5.32 Å². The first kappa shape index (κ1) is 12.8. The number of carboxylic acids is 1. The van der Waals surface area contributed by atoms with Gasteiger partial charge in [0.15, 0.2) is 0 Å². The van der Waals surface area contributed by atoms with Gasteiger partial charge in [0, 0.05) is 20.1 Å². The monoisotopic (exact) mass is 228 g/mol. The fraction of sp³-hybridized carbons (Fsp3) is 0.818. The van der Waals surface area contributed by atoms with Crippen molar-refractivity contribution in [3.8, 4) is 0 Å². The maximum Gasteiger partial charge on any atom is 0.317 e. The second-order valence-electron chi connectivity index (χ2n) is 4.45. The Morgan fingerprint density at radius 3 is 2.56 bits per heavy atom. The minimum atomic E-state index is -0.854. The Kier molecular flexibility index (Phi) is 4.58. The third-order valence-corrected chi connectivity index (χ3v) is 2.92. The molecule has 1 unspecified atom stereocenters. The summed E-state index contributed by atoms with van der Waals surface area (Å²) < 4.78 is 0. The van der Waals surface area contributed by atoms with E-state index in [1.807, 2.05) is 0 Å². The lowest BCUT2D eigenvalue weighted by Gasteiger charge is -2.19. The maximum absolute atomic E-state index is 11.6. The van der Waals surface area contributed by atoms with Crippen LogP contribution in [-0.2, 0) is 4.79 Å². The Morgan fingerprint density at radius 1 is 1.50 bits per heavy atom. The van der Waals surface area contributed by atoms with Crippen LogP contribution in [0.5, 0.6) is 0 Å². The summed E-state index contributed by atoms with van der Waals surface area (Å²) >= 11 is 0. The molecular formula is C11H20N2O3. The molecule has 1 fully saturated rings. The minimum Gasteiger partial charge on any atom is -0.481 e. The molecule has 92 valence electrons. The summed E-state index contributed by atoms with van der Waals surface area (Å²) in [5.41, 5.74) is 0. The number of aliphatic carboxylic acids is 1. The smallest absolute Gasteiger partial charge is 0.317 e. The van der Waals surface area contributed by atoms with Gasteiger partial charge in [0.2, 0.25) is 0 Å². The van der Waals surface area contributed by atoms with Gasteiger partial charge < -0.3 is 15.3 Å². The van der Waals surface area contributed by atoms with E-state index in [2.05, 4.69) is 5.32 Å². The van der Waals surface area contributed by atoms with Gasteiger partial charge in [-0.1, -0.05) is 6.92 Å². The maximum atomic E-state index is 11.6. The highest BCUT2D eigenvalue weighted by molar-refractivity contribution is 5.75. The largest absolute Gasteiger partial charge is 0.481 e. The van der Waals surface area contributed by atoms with Crippen molar-refractivity contribution in [1.29, 1.82) is 0 Å². The van der Waals surface area contributed by atoms with Crippen molar-refractivity contribution in [2.75, 3.05) is 20.1 Å². The van der Waals surface area contributed by atoms with Crippen LogP contribution in [0.15, 0.2) is 0 Å². The molecule has 0 radical (unpaired) electrons. The highest BCUT2D eigenvalue weighted by atomic mass is 16.4. The van der Waals surface area contributed by atoms with E-state index in [-0.39, 0.29) is 12.6 Å². The number of carbonyl (C=O) groups excluding carboxylic acids is 1. The Labute approximate surface area is 95.8 Å². The fourth-order valence-electron chi connectivity index (χ4n) is 1.52. The van der Waals surface area contributed by atoms with E-state index in [1.165, 1.54) is 12.8 Å². The third kappa shape index (κ3) is 4.08. The zero-order chi connectivity index (χ0) is 12.1. The average Bonchev–Trinajstić information content (AvgIpc) is 3.01. The van der Waals surface area contributed by atoms with Crippen LogP contribution in [-0.4, -0.2) is 42.1 Å². The van der Waals surface area contributed by atoms with Crippen LogP contribution >= 0.6 is 0 Å². The molecule has 1 atom stereocenters. The van der Waals surface area contributed by atoms with Gasteiger partial charge in [-0.2, -0.15) is 0 Å². The summed E-state index contributed by atoms with van der Waals surface area (Å²) in [4.78, 5) is 23.9. The van der Waals surface area contributed by atoms with Gasteiger partial charge in [0.05, 0.1) is 5.92 Å². The van der Waals surface area contributed by atoms with Crippen molar-refractivity contribution >= 4 is 12.0 Å². The number of rotatable bonds is 6. The number of nitrogens with zero attached hydrogens (tertiary/aromatic N) is 1. The Hall–Kier alpha value is -1.26. The SMILES string of the molecule is CCC(CNC(=O)N(C)CC1CC1)C(=O)O. The number of nitrogens with one attached hydrogen (secondary N) is 1. The zero-order valence-corrected chi connectivity index (χ0v) is 9.90. The lowest BCUT2D eigenvalue weighted by atomic mass is 10.1. The highest BCUT2D eigenvalue weighted by Gasteiger charge is 2.25. The second-order valence-corrected chi connectivity index (χ2v) is 4.45. The van der Waals surface area contributed by atoms with Gasteiger partial charge in [0.25, 0.3) is 0 Å². The van der Waals surface area contributed by atoms with Crippen LogP contribution in [0.25, 0.3) is 0 Å². The molecule has 0 heterocycles.